The normalized spacial score (nSPS) is 19.1. The fourth-order valence-electron chi connectivity index (χ4n) is 3.92. The number of hydrogen-bond donors (Lipinski definition) is 3. The summed E-state index contributed by atoms with van der Waals surface area (Å²) < 4.78 is 0. The molecule has 9 heteroatoms. The SMILES string of the molecule is Cc1cc(Cl)ccc1CNc1nc(N)c([N+](=O)[O-])c(CC2CCC(CN)CC2)n1. The molecule has 0 saturated heterocycles. The molecule has 0 amide bonds. The topological polar surface area (TPSA) is 133 Å². The molecule has 0 radical (unpaired) electrons. The molecule has 1 saturated carbocycles. The van der Waals surface area contributed by atoms with Crippen molar-refractivity contribution in [2.75, 3.05) is 17.6 Å². The van der Waals surface area contributed by atoms with Gasteiger partial charge in [0.1, 0.15) is 5.69 Å². The van der Waals surface area contributed by atoms with Gasteiger partial charge in [0.2, 0.25) is 11.8 Å². The zero-order chi connectivity index (χ0) is 21.0. The molecule has 156 valence electrons. The molecule has 2 aromatic rings. The van der Waals surface area contributed by atoms with Gasteiger partial charge in [-0.05, 0) is 80.7 Å². The lowest BCUT2D eigenvalue weighted by atomic mass is 9.80. The maximum atomic E-state index is 11.5. The average Bonchev–Trinajstić information content (AvgIpc) is 2.67. The van der Waals surface area contributed by atoms with Gasteiger partial charge >= 0.3 is 5.69 Å². The van der Waals surface area contributed by atoms with Crippen LogP contribution in [0, 0.1) is 28.9 Å². The van der Waals surface area contributed by atoms with E-state index in [1.54, 1.807) is 0 Å². The van der Waals surface area contributed by atoms with Crippen molar-refractivity contribution in [3.63, 3.8) is 0 Å². The molecule has 0 spiro atoms. The van der Waals surface area contributed by atoms with Gasteiger partial charge in [0.25, 0.3) is 0 Å². The van der Waals surface area contributed by atoms with E-state index in [9.17, 15) is 10.1 Å². The molecule has 0 atom stereocenters. The molecule has 1 aromatic carbocycles. The van der Waals surface area contributed by atoms with Gasteiger partial charge in [0.05, 0.1) is 4.92 Å². The number of hydrogen-bond acceptors (Lipinski definition) is 7. The number of anilines is 2. The van der Waals surface area contributed by atoms with Crippen LogP contribution < -0.4 is 16.8 Å². The van der Waals surface area contributed by atoms with Crippen molar-refractivity contribution in [2.24, 2.45) is 17.6 Å². The summed E-state index contributed by atoms with van der Waals surface area (Å²) in [7, 11) is 0. The number of nitrogens with two attached hydrogens (primary N) is 2. The van der Waals surface area contributed by atoms with Gasteiger partial charge in [0.15, 0.2) is 0 Å². The summed E-state index contributed by atoms with van der Waals surface area (Å²) >= 11 is 6.00. The number of nitrogens with zero attached hydrogens (tertiary/aromatic N) is 3. The highest BCUT2D eigenvalue weighted by molar-refractivity contribution is 6.30. The molecular weight excluding hydrogens is 392 g/mol. The summed E-state index contributed by atoms with van der Waals surface area (Å²) in [6.07, 6.45) is 4.62. The van der Waals surface area contributed by atoms with Gasteiger partial charge in [-0.15, -0.1) is 0 Å². The van der Waals surface area contributed by atoms with Crippen molar-refractivity contribution >= 4 is 29.1 Å². The molecule has 1 heterocycles. The lowest BCUT2D eigenvalue weighted by molar-refractivity contribution is -0.385. The van der Waals surface area contributed by atoms with Crippen molar-refractivity contribution in [1.82, 2.24) is 9.97 Å². The van der Waals surface area contributed by atoms with Gasteiger partial charge in [-0.3, -0.25) is 10.1 Å². The number of rotatable bonds is 7. The first-order valence-electron chi connectivity index (χ1n) is 9.87. The van der Waals surface area contributed by atoms with E-state index in [1.807, 2.05) is 25.1 Å². The zero-order valence-electron chi connectivity index (χ0n) is 16.5. The molecule has 1 aromatic heterocycles. The van der Waals surface area contributed by atoms with Gasteiger partial charge in [0, 0.05) is 11.6 Å². The maximum absolute atomic E-state index is 11.5. The van der Waals surface area contributed by atoms with E-state index in [4.69, 9.17) is 23.1 Å². The Hall–Kier alpha value is -2.45. The smallest absolute Gasteiger partial charge is 0.332 e. The third-order valence-electron chi connectivity index (χ3n) is 5.69. The Morgan fingerprint density at radius 2 is 1.93 bits per heavy atom. The van der Waals surface area contributed by atoms with Crippen LogP contribution >= 0.6 is 11.6 Å². The molecule has 1 fully saturated rings. The van der Waals surface area contributed by atoms with Crippen LogP contribution in [0.3, 0.4) is 0 Å². The Balaban J connectivity index is 1.77. The monoisotopic (exact) mass is 418 g/mol. The van der Waals surface area contributed by atoms with Gasteiger partial charge in [-0.1, -0.05) is 17.7 Å². The Kier molecular flexibility index (Phi) is 6.87. The van der Waals surface area contributed by atoms with Crippen LogP contribution in [0.15, 0.2) is 18.2 Å². The third-order valence-corrected chi connectivity index (χ3v) is 5.92. The first kappa shape index (κ1) is 21.3. The number of nitrogens with one attached hydrogen (secondary N) is 1. The standard InChI is InChI=1S/C20H27ClN6O2/c1-12-8-16(21)7-6-15(12)11-24-20-25-17(18(27(28)29)19(23)26-20)9-13-2-4-14(10-22)5-3-13/h6-8,13-14H,2-5,9-11,22H2,1H3,(H3,23,24,25,26). The Bertz CT molecular complexity index is 884. The molecule has 8 nitrogen and oxygen atoms in total. The van der Waals surface area contributed by atoms with E-state index in [0.29, 0.717) is 48.0 Å². The lowest BCUT2D eigenvalue weighted by Crippen LogP contribution is -2.23. The summed E-state index contributed by atoms with van der Waals surface area (Å²) in [5.41, 5.74) is 14.0. The Morgan fingerprint density at radius 3 is 2.55 bits per heavy atom. The minimum Gasteiger partial charge on any atom is -0.378 e. The summed E-state index contributed by atoms with van der Waals surface area (Å²) in [6, 6.07) is 5.63. The number of nitrogen functional groups attached to an aromatic ring is 1. The first-order valence-corrected chi connectivity index (χ1v) is 10.2. The summed E-state index contributed by atoms with van der Waals surface area (Å²) in [6.45, 7) is 3.14. The molecule has 0 unspecified atom stereocenters. The van der Waals surface area contributed by atoms with Crippen LogP contribution in [0.2, 0.25) is 5.02 Å². The average molecular weight is 419 g/mol. The summed E-state index contributed by atoms with van der Waals surface area (Å²) in [5.74, 6) is 1.09. The predicted octanol–water partition coefficient (Wildman–Crippen LogP) is 3.85. The molecule has 29 heavy (non-hydrogen) atoms. The maximum Gasteiger partial charge on any atom is 0.332 e. The van der Waals surface area contributed by atoms with Crippen molar-refractivity contribution in [3.05, 3.63) is 50.2 Å². The van der Waals surface area contributed by atoms with Crippen LogP contribution in [0.4, 0.5) is 17.5 Å². The lowest BCUT2D eigenvalue weighted by Gasteiger charge is -2.27. The minimum atomic E-state index is -0.483. The van der Waals surface area contributed by atoms with Crippen LogP contribution in [-0.2, 0) is 13.0 Å². The molecule has 1 aliphatic carbocycles. The van der Waals surface area contributed by atoms with Gasteiger partial charge in [-0.25, -0.2) is 4.98 Å². The highest BCUT2D eigenvalue weighted by atomic mass is 35.5. The zero-order valence-corrected chi connectivity index (χ0v) is 17.3. The van der Waals surface area contributed by atoms with E-state index in [1.165, 1.54) is 0 Å². The fraction of sp³-hybridized carbons (Fsp3) is 0.500. The highest BCUT2D eigenvalue weighted by Gasteiger charge is 2.27. The van der Waals surface area contributed by atoms with Crippen molar-refractivity contribution in [3.8, 4) is 0 Å². The number of aryl methyl sites for hydroxylation is 1. The molecule has 0 bridgehead atoms. The van der Waals surface area contributed by atoms with Gasteiger partial charge < -0.3 is 16.8 Å². The number of aromatic nitrogens is 2. The van der Waals surface area contributed by atoms with Crippen molar-refractivity contribution in [2.45, 2.75) is 45.6 Å². The fourth-order valence-corrected chi connectivity index (χ4v) is 4.14. The van der Waals surface area contributed by atoms with Crippen LogP contribution in [0.5, 0.6) is 0 Å². The van der Waals surface area contributed by atoms with Crippen LogP contribution in [0.1, 0.15) is 42.5 Å². The van der Waals surface area contributed by atoms with E-state index < -0.39 is 4.92 Å². The second-order valence-corrected chi connectivity index (χ2v) is 8.17. The van der Waals surface area contributed by atoms with Crippen LogP contribution in [0.25, 0.3) is 0 Å². The van der Waals surface area contributed by atoms with Crippen LogP contribution in [-0.4, -0.2) is 21.4 Å². The van der Waals surface area contributed by atoms with Crippen molar-refractivity contribution in [1.29, 1.82) is 0 Å². The molecule has 0 aliphatic heterocycles. The summed E-state index contributed by atoms with van der Waals surface area (Å²) in [4.78, 5) is 19.6. The quantitative estimate of drug-likeness (QED) is 0.459. The second kappa shape index (κ2) is 9.37. The second-order valence-electron chi connectivity index (χ2n) is 7.74. The number of halogens is 1. The number of benzene rings is 1. The Morgan fingerprint density at radius 1 is 1.24 bits per heavy atom. The number of nitro groups is 1. The minimum absolute atomic E-state index is 0.106. The van der Waals surface area contributed by atoms with Crippen molar-refractivity contribution < 1.29 is 4.92 Å². The van der Waals surface area contributed by atoms with Gasteiger partial charge in [-0.2, -0.15) is 4.98 Å². The predicted molar refractivity (Wildman–Crippen MR) is 115 cm³/mol. The largest absolute Gasteiger partial charge is 0.378 e. The third kappa shape index (κ3) is 5.33. The van der Waals surface area contributed by atoms with E-state index in [-0.39, 0.29) is 11.5 Å². The van der Waals surface area contributed by atoms with E-state index in [0.717, 1.165) is 36.8 Å². The molecule has 5 N–H and O–H groups in total. The Labute approximate surface area is 175 Å². The molecular formula is C20H27ClN6O2. The molecule has 1 aliphatic rings. The van der Waals surface area contributed by atoms with E-state index in [2.05, 4.69) is 15.3 Å². The van der Waals surface area contributed by atoms with E-state index >= 15 is 0 Å². The molecule has 3 rings (SSSR count). The highest BCUT2D eigenvalue weighted by Crippen LogP contribution is 2.34. The summed E-state index contributed by atoms with van der Waals surface area (Å²) in [5, 5.41) is 15.4. The first-order chi connectivity index (χ1) is 13.9.